The molecule has 0 atom stereocenters. The van der Waals surface area contributed by atoms with Crippen LogP contribution in [0.15, 0.2) is 91.0 Å². The van der Waals surface area contributed by atoms with Crippen LogP contribution in [0.4, 0.5) is 5.69 Å². The summed E-state index contributed by atoms with van der Waals surface area (Å²) in [6.45, 7) is 9.10. The molecular formula is C36H38ClN3O5. The van der Waals surface area contributed by atoms with E-state index in [0.717, 1.165) is 87.6 Å². The summed E-state index contributed by atoms with van der Waals surface area (Å²) in [4.78, 5) is 19.1. The van der Waals surface area contributed by atoms with Crippen LogP contribution in [0.5, 0.6) is 17.2 Å². The molecule has 0 aliphatic carbocycles. The number of piperazine rings is 1. The van der Waals surface area contributed by atoms with E-state index in [2.05, 4.69) is 51.1 Å². The van der Waals surface area contributed by atoms with Crippen molar-refractivity contribution in [1.82, 2.24) is 9.80 Å². The molecule has 6 rings (SSSR count). The second kappa shape index (κ2) is 14.8. The van der Waals surface area contributed by atoms with Crippen molar-refractivity contribution in [3.05, 3.63) is 107 Å². The normalized spacial score (nSPS) is 16.0. The molecule has 2 saturated heterocycles. The summed E-state index contributed by atoms with van der Waals surface area (Å²) in [5.74, 6) is 0.597. The van der Waals surface area contributed by atoms with Crippen LogP contribution in [0.25, 0.3) is 11.1 Å². The van der Waals surface area contributed by atoms with Gasteiger partial charge in [-0.25, -0.2) is 4.79 Å². The number of hydrogen-bond acceptors (Lipinski definition) is 7. The van der Waals surface area contributed by atoms with E-state index in [1.807, 2.05) is 48.5 Å². The summed E-state index contributed by atoms with van der Waals surface area (Å²) < 4.78 is 17.4. The highest BCUT2D eigenvalue weighted by Gasteiger charge is 2.21. The lowest BCUT2D eigenvalue weighted by atomic mass is 9.99. The summed E-state index contributed by atoms with van der Waals surface area (Å²) in [7, 11) is 0. The number of halogens is 1. The molecule has 0 saturated carbocycles. The number of ether oxygens (including phenoxy) is 3. The standard InChI is InChI=1S/C36H38ClN3O5/c37-29-7-5-27(6-8-29)33-4-2-1-3-28(33)26-39-15-17-40(18-16-39)30-9-14-34(36(41)42)35(25-30)45-32-12-10-31(11-13-32)44-24-21-38-19-22-43-23-20-38/h1-14,25H,15-24,26H2,(H,41,42). The minimum atomic E-state index is -1.02. The molecule has 0 radical (unpaired) electrons. The fourth-order valence-electron chi connectivity index (χ4n) is 5.79. The number of aromatic carboxylic acids is 1. The highest BCUT2D eigenvalue weighted by molar-refractivity contribution is 6.30. The van der Waals surface area contributed by atoms with Gasteiger partial charge in [0.05, 0.1) is 13.2 Å². The molecule has 2 heterocycles. The minimum absolute atomic E-state index is 0.127. The number of morpholine rings is 1. The number of nitrogens with zero attached hydrogens (tertiary/aromatic N) is 3. The van der Waals surface area contributed by atoms with Crippen LogP contribution in [0, 0.1) is 0 Å². The molecule has 45 heavy (non-hydrogen) atoms. The SMILES string of the molecule is O=C(O)c1ccc(N2CCN(Cc3ccccc3-c3ccc(Cl)cc3)CC2)cc1Oc1ccc(OCCN2CCOCC2)cc1. The zero-order chi connectivity index (χ0) is 31.0. The maximum atomic E-state index is 12.0. The summed E-state index contributed by atoms with van der Waals surface area (Å²) in [6, 6.07) is 29.1. The van der Waals surface area contributed by atoms with Gasteiger partial charge < -0.3 is 24.2 Å². The molecule has 4 aromatic rings. The average molecular weight is 628 g/mol. The Morgan fingerprint density at radius 2 is 1.51 bits per heavy atom. The van der Waals surface area contributed by atoms with E-state index in [0.29, 0.717) is 18.1 Å². The number of carbonyl (C=O) groups is 1. The molecule has 0 aromatic heterocycles. The van der Waals surface area contributed by atoms with Crippen LogP contribution in [0.3, 0.4) is 0 Å². The Morgan fingerprint density at radius 1 is 0.800 bits per heavy atom. The Kier molecular flexibility index (Phi) is 10.2. The Bertz CT molecular complexity index is 1570. The first-order chi connectivity index (χ1) is 22.0. The molecule has 1 N–H and O–H groups in total. The van der Waals surface area contributed by atoms with Crippen molar-refractivity contribution >= 4 is 23.3 Å². The number of carboxylic acids is 1. The zero-order valence-corrected chi connectivity index (χ0v) is 26.0. The Balaban J connectivity index is 1.06. The number of anilines is 1. The number of benzene rings is 4. The van der Waals surface area contributed by atoms with Gasteiger partial charge in [-0.2, -0.15) is 0 Å². The van der Waals surface area contributed by atoms with Gasteiger partial charge in [0.15, 0.2) is 0 Å². The van der Waals surface area contributed by atoms with Gasteiger partial charge in [-0.1, -0.05) is 48.0 Å². The number of carboxylic acid groups (broad SMARTS) is 1. The molecule has 2 aliphatic heterocycles. The van der Waals surface area contributed by atoms with Crippen molar-refractivity contribution in [3.63, 3.8) is 0 Å². The summed E-state index contributed by atoms with van der Waals surface area (Å²) in [6.07, 6.45) is 0. The quantitative estimate of drug-likeness (QED) is 0.201. The monoisotopic (exact) mass is 627 g/mol. The third-order valence-electron chi connectivity index (χ3n) is 8.33. The molecule has 9 heteroatoms. The molecule has 2 fully saturated rings. The molecule has 4 aromatic carbocycles. The highest BCUT2D eigenvalue weighted by Crippen LogP contribution is 2.32. The number of hydrogen-bond donors (Lipinski definition) is 1. The van der Waals surface area contributed by atoms with E-state index in [1.165, 1.54) is 11.1 Å². The third kappa shape index (κ3) is 8.15. The highest BCUT2D eigenvalue weighted by atomic mass is 35.5. The van der Waals surface area contributed by atoms with Gasteiger partial charge in [0, 0.05) is 69.1 Å². The smallest absolute Gasteiger partial charge is 0.339 e. The molecule has 0 unspecified atom stereocenters. The minimum Gasteiger partial charge on any atom is -0.492 e. The van der Waals surface area contributed by atoms with Crippen molar-refractivity contribution in [1.29, 1.82) is 0 Å². The summed E-state index contributed by atoms with van der Waals surface area (Å²) in [5.41, 5.74) is 4.73. The van der Waals surface area contributed by atoms with Gasteiger partial charge in [0.25, 0.3) is 0 Å². The van der Waals surface area contributed by atoms with Crippen LogP contribution >= 0.6 is 11.6 Å². The Morgan fingerprint density at radius 3 is 2.24 bits per heavy atom. The molecular weight excluding hydrogens is 590 g/mol. The first kappa shape index (κ1) is 30.9. The number of rotatable bonds is 11. The third-order valence-corrected chi connectivity index (χ3v) is 8.58. The van der Waals surface area contributed by atoms with Crippen LogP contribution in [-0.2, 0) is 11.3 Å². The predicted molar refractivity (Wildman–Crippen MR) is 177 cm³/mol. The van der Waals surface area contributed by atoms with Crippen LogP contribution < -0.4 is 14.4 Å². The van der Waals surface area contributed by atoms with Gasteiger partial charge in [-0.15, -0.1) is 0 Å². The van der Waals surface area contributed by atoms with Crippen LogP contribution in [0.2, 0.25) is 5.02 Å². The molecule has 8 nitrogen and oxygen atoms in total. The summed E-state index contributed by atoms with van der Waals surface area (Å²) >= 11 is 6.12. The van der Waals surface area contributed by atoms with Crippen molar-refractivity contribution in [2.24, 2.45) is 0 Å². The molecule has 2 aliphatic rings. The lowest BCUT2D eigenvalue weighted by Gasteiger charge is -2.36. The van der Waals surface area contributed by atoms with Crippen molar-refractivity contribution in [2.45, 2.75) is 6.54 Å². The first-order valence-corrected chi connectivity index (χ1v) is 15.8. The van der Waals surface area contributed by atoms with E-state index in [9.17, 15) is 9.90 Å². The van der Waals surface area contributed by atoms with Gasteiger partial charge in [-0.3, -0.25) is 9.80 Å². The van der Waals surface area contributed by atoms with Gasteiger partial charge >= 0.3 is 5.97 Å². The lowest BCUT2D eigenvalue weighted by molar-refractivity contribution is 0.0322. The van der Waals surface area contributed by atoms with E-state index in [-0.39, 0.29) is 5.56 Å². The van der Waals surface area contributed by atoms with Crippen molar-refractivity contribution < 1.29 is 24.1 Å². The predicted octanol–water partition coefficient (Wildman–Crippen LogP) is 6.53. The van der Waals surface area contributed by atoms with E-state index in [1.54, 1.807) is 6.07 Å². The van der Waals surface area contributed by atoms with E-state index >= 15 is 0 Å². The summed E-state index contributed by atoms with van der Waals surface area (Å²) in [5, 5.41) is 10.6. The Labute approximate surface area is 269 Å². The van der Waals surface area contributed by atoms with Crippen molar-refractivity contribution in [3.8, 4) is 28.4 Å². The maximum Gasteiger partial charge on any atom is 0.339 e. The van der Waals surface area contributed by atoms with Gasteiger partial charge in [0.1, 0.15) is 29.4 Å². The molecule has 234 valence electrons. The van der Waals surface area contributed by atoms with Crippen LogP contribution in [0.1, 0.15) is 15.9 Å². The molecule has 0 bridgehead atoms. The second-order valence-electron chi connectivity index (χ2n) is 11.3. The van der Waals surface area contributed by atoms with E-state index < -0.39 is 5.97 Å². The fraction of sp³-hybridized carbons (Fsp3) is 0.306. The lowest BCUT2D eigenvalue weighted by Crippen LogP contribution is -2.46. The molecule has 0 amide bonds. The van der Waals surface area contributed by atoms with E-state index in [4.69, 9.17) is 25.8 Å². The van der Waals surface area contributed by atoms with Gasteiger partial charge in [-0.05, 0) is 65.2 Å². The average Bonchev–Trinajstić information content (AvgIpc) is 3.07. The second-order valence-corrected chi connectivity index (χ2v) is 11.7. The zero-order valence-electron chi connectivity index (χ0n) is 25.2. The largest absolute Gasteiger partial charge is 0.492 e. The van der Waals surface area contributed by atoms with Gasteiger partial charge in [0.2, 0.25) is 0 Å². The fourth-order valence-corrected chi connectivity index (χ4v) is 5.92. The topological polar surface area (TPSA) is 74.7 Å². The van der Waals surface area contributed by atoms with Crippen molar-refractivity contribution in [2.75, 3.05) is 70.5 Å². The Hall–Kier alpha value is -4.08. The molecule has 0 spiro atoms. The van der Waals surface area contributed by atoms with Crippen LogP contribution in [-0.4, -0.2) is 86.5 Å². The first-order valence-electron chi connectivity index (χ1n) is 15.4. The maximum absolute atomic E-state index is 12.0.